The van der Waals surface area contributed by atoms with Gasteiger partial charge in [-0.1, -0.05) is 30.3 Å². The quantitative estimate of drug-likeness (QED) is 0.160. The molecule has 0 amide bonds. The van der Waals surface area contributed by atoms with E-state index in [9.17, 15) is 33.2 Å². The summed E-state index contributed by atoms with van der Waals surface area (Å²) >= 11 is 0. The fraction of sp³-hybridized carbons (Fsp3) is 0.400. The molecule has 1 unspecified atom stereocenters. The van der Waals surface area contributed by atoms with E-state index in [-0.39, 0.29) is 48.7 Å². The first-order chi connectivity index (χ1) is 17.1. The average Bonchev–Trinajstić information content (AvgIpc) is 3.19. The second-order valence-corrected chi connectivity index (χ2v) is 8.41. The lowest BCUT2D eigenvalue weighted by atomic mass is 9.92. The molecule has 0 fully saturated rings. The van der Waals surface area contributed by atoms with Crippen molar-refractivity contribution in [3.63, 3.8) is 0 Å². The lowest BCUT2D eigenvalue weighted by molar-refractivity contribution is -0.384. The number of nitro groups is 1. The molecule has 0 aliphatic heterocycles. The van der Waals surface area contributed by atoms with Gasteiger partial charge >= 0.3 is 12.1 Å². The summed E-state index contributed by atoms with van der Waals surface area (Å²) in [5.74, 6) is -0.371. The molecule has 8 nitrogen and oxygen atoms in total. The standard InChI is InChI=1S/C25H28F3N3O5/c1-2-36-23(32)10-6-7-13-29-17-24(33,25(26,27)28)21-16-30(15-18-8-4-3-5-9-18)22-14-19(31(34)35)11-12-20(21)22/h3-5,8-9,11-12,14,16,29,33H,2,6-7,10,13,15,17H2,1H3. The number of fused-ring (bicyclic) bond motifs is 1. The summed E-state index contributed by atoms with van der Waals surface area (Å²) in [6.07, 6.45) is -2.83. The zero-order valence-electron chi connectivity index (χ0n) is 19.8. The number of unbranched alkanes of at least 4 members (excludes halogenated alkanes) is 1. The number of halogens is 3. The summed E-state index contributed by atoms with van der Waals surface area (Å²) in [6.45, 7) is 1.43. The topological polar surface area (TPSA) is 107 Å². The summed E-state index contributed by atoms with van der Waals surface area (Å²) in [4.78, 5) is 22.1. The molecular formula is C25H28F3N3O5. The van der Waals surface area contributed by atoms with Gasteiger partial charge in [0.25, 0.3) is 5.69 Å². The van der Waals surface area contributed by atoms with E-state index in [0.717, 1.165) is 11.6 Å². The Labute approximate surface area is 205 Å². The largest absolute Gasteiger partial charge is 0.466 e. The Bertz CT molecular complexity index is 1200. The van der Waals surface area contributed by atoms with Crippen LogP contribution in [0, 0.1) is 10.1 Å². The molecule has 0 spiro atoms. The molecule has 11 heteroatoms. The van der Waals surface area contributed by atoms with E-state index in [4.69, 9.17) is 4.74 Å². The molecule has 3 aromatic rings. The first-order valence-electron chi connectivity index (χ1n) is 11.5. The first kappa shape index (κ1) is 27.2. The van der Waals surface area contributed by atoms with Gasteiger partial charge in [-0.25, -0.2) is 0 Å². The molecule has 0 saturated heterocycles. The lowest BCUT2D eigenvalue weighted by Gasteiger charge is -2.31. The van der Waals surface area contributed by atoms with Crippen LogP contribution in [0.4, 0.5) is 18.9 Å². The van der Waals surface area contributed by atoms with Crippen molar-refractivity contribution in [3.8, 4) is 0 Å². The van der Waals surface area contributed by atoms with Crippen LogP contribution >= 0.6 is 0 Å². The Balaban J connectivity index is 1.90. The molecule has 194 valence electrons. The maximum atomic E-state index is 14.3. The minimum atomic E-state index is -5.03. The number of carbonyl (C=O) groups excluding carboxylic acids is 1. The number of esters is 1. The van der Waals surface area contributed by atoms with Gasteiger partial charge in [0.2, 0.25) is 0 Å². The number of ether oxygens (including phenoxy) is 1. The van der Waals surface area contributed by atoms with Gasteiger partial charge in [0.15, 0.2) is 5.60 Å². The van der Waals surface area contributed by atoms with Gasteiger partial charge in [-0.2, -0.15) is 13.2 Å². The third-order valence-corrected chi connectivity index (χ3v) is 5.86. The Kier molecular flexibility index (Phi) is 8.70. The van der Waals surface area contributed by atoms with Crippen LogP contribution in [-0.2, 0) is 21.7 Å². The second kappa shape index (κ2) is 11.5. The van der Waals surface area contributed by atoms with Gasteiger partial charge in [-0.3, -0.25) is 14.9 Å². The summed E-state index contributed by atoms with van der Waals surface area (Å²) in [7, 11) is 0. The highest BCUT2D eigenvalue weighted by atomic mass is 19.4. The minimum Gasteiger partial charge on any atom is -0.466 e. The highest BCUT2D eigenvalue weighted by Gasteiger charge is 2.56. The summed E-state index contributed by atoms with van der Waals surface area (Å²) in [5.41, 5.74) is -2.92. The Hall–Kier alpha value is -3.44. The number of hydrogen-bond donors (Lipinski definition) is 2. The summed E-state index contributed by atoms with van der Waals surface area (Å²) in [5, 5.41) is 25.0. The van der Waals surface area contributed by atoms with Gasteiger partial charge in [-0.05, 0) is 37.9 Å². The van der Waals surface area contributed by atoms with Gasteiger partial charge in [0.1, 0.15) is 0 Å². The highest BCUT2D eigenvalue weighted by molar-refractivity contribution is 5.87. The maximum absolute atomic E-state index is 14.3. The number of non-ortho nitro benzene ring substituents is 1. The molecule has 1 heterocycles. The summed E-state index contributed by atoms with van der Waals surface area (Å²) in [6, 6.07) is 12.5. The van der Waals surface area contributed by atoms with Crippen molar-refractivity contribution < 1.29 is 32.7 Å². The number of aliphatic hydroxyl groups is 1. The van der Waals surface area contributed by atoms with Crippen LogP contribution in [0.15, 0.2) is 54.7 Å². The van der Waals surface area contributed by atoms with E-state index in [1.54, 1.807) is 37.3 Å². The van der Waals surface area contributed by atoms with Crippen LogP contribution in [0.2, 0.25) is 0 Å². The smallest absolute Gasteiger partial charge is 0.422 e. The van der Waals surface area contributed by atoms with Crippen LogP contribution in [0.5, 0.6) is 0 Å². The molecule has 2 N–H and O–H groups in total. The number of carbonyl (C=O) groups is 1. The number of aromatic nitrogens is 1. The maximum Gasteiger partial charge on any atom is 0.422 e. The van der Waals surface area contributed by atoms with E-state index in [1.165, 1.54) is 22.9 Å². The van der Waals surface area contributed by atoms with Crippen molar-refractivity contribution in [3.05, 3.63) is 76.0 Å². The monoisotopic (exact) mass is 507 g/mol. The highest BCUT2D eigenvalue weighted by Crippen LogP contribution is 2.43. The Morgan fingerprint density at radius 3 is 2.53 bits per heavy atom. The second-order valence-electron chi connectivity index (χ2n) is 8.41. The number of nitro benzene ring substituents is 1. The molecule has 1 aromatic heterocycles. The van der Waals surface area contributed by atoms with Crippen LogP contribution in [-0.4, -0.2) is 46.4 Å². The number of nitrogens with zero attached hydrogens (tertiary/aromatic N) is 2. The number of alkyl halides is 3. The van der Waals surface area contributed by atoms with E-state index < -0.39 is 28.8 Å². The van der Waals surface area contributed by atoms with Gasteiger partial charge < -0.3 is 19.7 Å². The fourth-order valence-corrected chi connectivity index (χ4v) is 4.00. The lowest BCUT2D eigenvalue weighted by Crippen LogP contribution is -2.50. The molecular weight excluding hydrogens is 479 g/mol. The van der Waals surface area contributed by atoms with E-state index in [2.05, 4.69) is 5.32 Å². The van der Waals surface area contributed by atoms with Crippen molar-refractivity contribution in [1.82, 2.24) is 9.88 Å². The molecule has 0 aliphatic carbocycles. The van der Waals surface area contributed by atoms with Crippen molar-refractivity contribution in [1.29, 1.82) is 0 Å². The van der Waals surface area contributed by atoms with Crippen LogP contribution in [0.25, 0.3) is 10.9 Å². The van der Waals surface area contributed by atoms with Crippen molar-refractivity contribution in [2.24, 2.45) is 0 Å². The number of benzene rings is 2. The Morgan fingerprint density at radius 1 is 1.17 bits per heavy atom. The molecule has 0 saturated carbocycles. The predicted octanol–water partition coefficient (Wildman–Crippen LogP) is 4.67. The average molecular weight is 508 g/mol. The normalized spacial score (nSPS) is 13.5. The predicted molar refractivity (Wildman–Crippen MR) is 127 cm³/mol. The summed E-state index contributed by atoms with van der Waals surface area (Å²) < 4.78 is 49.1. The third kappa shape index (κ3) is 6.21. The first-order valence-corrected chi connectivity index (χ1v) is 11.5. The Morgan fingerprint density at radius 2 is 1.89 bits per heavy atom. The van der Waals surface area contributed by atoms with Crippen molar-refractivity contribution >= 4 is 22.6 Å². The molecule has 0 aliphatic rings. The van der Waals surface area contributed by atoms with Gasteiger partial charge in [-0.15, -0.1) is 0 Å². The minimum absolute atomic E-state index is 0.0699. The molecule has 0 bridgehead atoms. The molecule has 2 aromatic carbocycles. The third-order valence-electron chi connectivity index (χ3n) is 5.86. The molecule has 3 rings (SSSR count). The number of rotatable bonds is 12. The molecule has 36 heavy (non-hydrogen) atoms. The molecule has 0 radical (unpaired) electrons. The zero-order valence-corrected chi connectivity index (χ0v) is 19.8. The molecule has 1 atom stereocenters. The zero-order chi connectivity index (χ0) is 26.3. The SMILES string of the molecule is CCOC(=O)CCCCNCC(O)(c1cn(Cc2ccccc2)c2cc([N+](=O)[O-])ccc12)C(F)(F)F. The van der Waals surface area contributed by atoms with Crippen molar-refractivity contribution in [2.45, 2.75) is 44.5 Å². The van der Waals surface area contributed by atoms with E-state index >= 15 is 0 Å². The number of nitrogens with one attached hydrogen (secondary N) is 1. The van der Waals surface area contributed by atoms with Crippen LogP contribution in [0.1, 0.15) is 37.3 Å². The van der Waals surface area contributed by atoms with E-state index in [1.807, 2.05) is 0 Å². The van der Waals surface area contributed by atoms with Gasteiger partial charge in [0, 0.05) is 48.8 Å². The van der Waals surface area contributed by atoms with Crippen molar-refractivity contribution in [2.75, 3.05) is 19.7 Å². The van der Waals surface area contributed by atoms with E-state index in [0.29, 0.717) is 12.8 Å². The fourth-order valence-electron chi connectivity index (χ4n) is 4.00. The van der Waals surface area contributed by atoms with Crippen LogP contribution in [0.3, 0.4) is 0 Å². The van der Waals surface area contributed by atoms with Crippen LogP contribution < -0.4 is 5.32 Å². The van der Waals surface area contributed by atoms with Gasteiger partial charge in [0.05, 0.1) is 17.0 Å². The number of hydrogen-bond acceptors (Lipinski definition) is 6.